The number of anilines is 1. The Kier molecular flexibility index (Phi) is 4.18. The molecule has 0 amide bonds. The molecule has 2 aromatic carbocycles. The van der Waals surface area contributed by atoms with E-state index < -0.39 is 37.3 Å². The van der Waals surface area contributed by atoms with Gasteiger partial charge in [0, 0.05) is 5.39 Å². The van der Waals surface area contributed by atoms with Crippen LogP contribution in [0.25, 0.3) is 10.8 Å². The SMILES string of the molecule is C.O=S1(=O)NC2CCC(N2)S(=O)(=O)Nc2c1cc1ccccc1c2O. The number of nitrogens with one attached hydrogen (secondary N) is 3. The van der Waals surface area contributed by atoms with Crippen LogP contribution >= 0.6 is 0 Å². The van der Waals surface area contributed by atoms with Crippen LogP contribution in [0.4, 0.5) is 5.69 Å². The lowest BCUT2D eigenvalue weighted by atomic mass is 10.1. The molecule has 0 aliphatic carbocycles. The Morgan fingerprint density at radius 1 is 1.08 bits per heavy atom. The van der Waals surface area contributed by atoms with Gasteiger partial charge in [-0.25, -0.2) is 16.8 Å². The molecule has 4 rings (SSSR count). The molecular formula is C15H19N3O5S2. The van der Waals surface area contributed by atoms with Crippen molar-refractivity contribution in [3.63, 3.8) is 0 Å². The quantitative estimate of drug-likeness (QED) is 0.506. The van der Waals surface area contributed by atoms with Crippen LogP contribution in [0.1, 0.15) is 20.3 Å². The first-order valence-corrected chi connectivity index (χ1v) is 10.4. The van der Waals surface area contributed by atoms with Gasteiger partial charge in [0.2, 0.25) is 20.0 Å². The summed E-state index contributed by atoms with van der Waals surface area (Å²) in [5.74, 6) is -0.408. The maximum Gasteiger partial charge on any atom is 0.249 e. The second kappa shape index (κ2) is 5.84. The predicted octanol–water partition coefficient (Wildman–Crippen LogP) is 1.25. The van der Waals surface area contributed by atoms with Crippen LogP contribution in [-0.2, 0) is 20.0 Å². The zero-order valence-corrected chi connectivity index (χ0v) is 14.0. The molecule has 2 atom stereocenters. The molecule has 2 aliphatic heterocycles. The third kappa shape index (κ3) is 2.84. The van der Waals surface area contributed by atoms with Crippen molar-refractivity contribution in [2.75, 3.05) is 4.72 Å². The number of benzene rings is 2. The number of fused-ring (bicyclic) bond motifs is 4. The van der Waals surface area contributed by atoms with Gasteiger partial charge < -0.3 is 5.11 Å². The first kappa shape index (κ1) is 17.9. The van der Waals surface area contributed by atoms with Crippen LogP contribution in [-0.4, -0.2) is 33.5 Å². The average molecular weight is 385 g/mol. The first-order valence-electron chi connectivity index (χ1n) is 7.33. The maximum absolute atomic E-state index is 12.7. The minimum absolute atomic E-state index is 0. The van der Waals surface area contributed by atoms with Gasteiger partial charge in [0.05, 0.1) is 6.17 Å². The average Bonchev–Trinajstić information content (AvgIpc) is 2.98. The summed E-state index contributed by atoms with van der Waals surface area (Å²) in [6, 6.07) is 7.98. The number of hydrogen-bond acceptors (Lipinski definition) is 6. The molecule has 2 aromatic rings. The van der Waals surface area contributed by atoms with Gasteiger partial charge in [-0.15, -0.1) is 0 Å². The van der Waals surface area contributed by atoms with Crippen molar-refractivity contribution < 1.29 is 21.9 Å². The van der Waals surface area contributed by atoms with Gasteiger partial charge in [-0.2, -0.15) is 4.72 Å². The Bertz CT molecular complexity index is 1050. The van der Waals surface area contributed by atoms with Crippen LogP contribution in [0.15, 0.2) is 35.2 Å². The standard InChI is InChI=1S/C14H15N3O5S2.CH4/c18-14-9-4-2-1-3-8(9)7-10-13(14)17-24(21,22)12-6-5-11(15-12)16-23(10,19)20;/h1-4,7,11-12,15-18H,5-6H2;1H4. The van der Waals surface area contributed by atoms with Crippen LogP contribution in [0.2, 0.25) is 0 Å². The van der Waals surface area contributed by atoms with Crippen molar-refractivity contribution in [1.29, 1.82) is 0 Å². The van der Waals surface area contributed by atoms with Gasteiger partial charge >= 0.3 is 0 Å². The van der Waals surface area contributed by atoms with Gasteiger partial charge in [0.15, 0.2) is 0 Å². The van der Waals surface area contributed by atoms with Crippen molar-refractivity contribution in [1.82, 2.24) is 10.0 Å². The lowest BCUT2D eigenvalue weighted by Gasteiger charge is -2.17. The molecule has 1 fully saturated rings. The molecule has 2 heterocycles. The van der Waals surface area contributed by atoms with Crippen molar-refractivity contribution in [3.05, 3.63) is 30.3 Å². The highest BCUT2D eigenvalue weighted by Crippen LogP contribution is 2.40. The second-order valence-corrected chi connectivity index (χ2v) is 9.42. The van der Waals surface area contributed by atoms with E-state index in [0.717, 1.165) is 0 Å². The lowest BCUT2D eigenvalue weighted by molar-refractivity contribution is 0.482. The van der Waals surface area contributed by atoms with Gasteiger partial charge in [-0.05, 0) is 24.3 Å². The molecule has 2 unspecified atom stereocenters. The van der Waals surface area contributed by atoms with E-state index in [4.69, 9.17) is 0 Å². The molecule has 136 valence electrons. The number of phenolic OH excluding ortho intramolecular Hbond substituents is 1. The minimum atomic E-state index is -4.02. The first-order chi connectivity index (χ1) is 11.3. The second-order valence-electron chi connectivity index (χ2n) is 5.87. The summed E-state index contributed by atoms with van der Waals surface area (Å²) < 4.78 is 55.2. The Balaban J connectivity index is 0.00000182. The Labute approximate surface area is 146 Å². The highest BCUT2D eigenvalue weighted by Gasteiger charge is 2.39. The molecule has 8 nitrogen and oxygen atoms in total. The zero-order chi connectivity index (χ0) is 17.1. The summed E-state index contributed by atoms with van der Waals surface area (Å²) in [7, 11) is -7.92. The van der Waals surface area contributed by atoms with Crippen molar-refractivity contribution in [2.45, 2.75) is 36.7 Å². The van der Waals surface area contributed by atoms with Crippen LogP contribution in [0, 0.1) is 0 Å². The Morgan fingerprint density at radius 2 is 1.80 bits per heavy atom. The third-order valence-corrected chi connectivity index (χ3v) is 7.40. The van der Waals surface area contributed by atoms with Crippen molar-refractivity contribution in [3.8, 4) is 5.75 Å². The molecule has 0 saturated carbocycles. The van der Waals surface area contributed by atoms with E-state index in [0.29, 0.717) is 17.2 Å². The summed E-state index contributed by atoms with van der Waals surface area (Å²) in [5, 5.41) is 13.2. The highest BCUT2D eigenvalue weighted by atomic mass is 32.2. The van der Waals surface area contributed by atoms with Crippen molar-refractivity contribution >= 4 is 36.5 Å². The molecule has 0 spiro atoms. The number of phenols is 1. The summed E-state index contributed by atoms with van der Waals surface area (Å²) in [5.41, 5.74) is -0.324. The monoisotopic (exact) mass is 385 g/mol. The molecule has 2 bridgehead atoms. The van der Waals surface area contributed by atoms with Gasteiger partial charge in [-0.1, -0.05) is 31.7 Å². The number of sulfonamides is 2. The van der Waals surface area contributed by atoms with Crippen LogP contribution in [0.3, 0.4) is 0 Å². The molecule has 4 N–H and O–H groups in total. The molecule has 2 aliphatic rings. The van der Waals surface area contributed by atoms with Gasteiger partial charge in [-0.3, -0.25) is 10.0 Å². The molecule has 0 radical (unpaired) electrons. The number of aromatic hydroxyl groups is 1. The van der Waals surface area contributed by atoms with Crippen molar-refractivity contribution in [2.24, 2.45) is 0 Å². The minimum Gasteiger partial charge on any atom is -0.505 e. The fourth-order valence-corrected chi connectivity index (χ4v) is 6.00. The number of rotatable bonds is 0. The summed E-state index contributed by atoms with van der Waals surface area (Å²) >= 11 is 0. The molecule has 10 heteroatoms. The van der Waals surface area contributed by atoms with Gasteiger partial charge in [0.25, 0.3) is 0 Å². The fourth-order valence-electron chi connectivity index (χ4n) is 3.12. The van der Waals surface area contributed by atoms with E-state index in [1.807, 2.05) is 0 Å². The smallest absolute Gasteiger partial charge is 0.249 e. The normalized spacial score (nSPS) is 26.4. The largest absolute Gasteiger partial charge is 0.505 e. The van der Waals surface area contributed by atoms with E-state index in [1.165, 1.54) is 6.07 Å². The summed E-state index contributed by atoms with van der Waals surface area (Å²) in [6.45, 7) is 0. The maximum atomic E-state index is 12.7. The zero-order valence-electron chi connectivity index (χ0n) is 12.4. The Morgan fingerprint density at radius 3 is 2.56 bits per heavy atom. The Hall–Kier alpha value is -1.88. The lowest BCUT2D eigenvalue weighted by Crippen LogP contribution is -2.45. The summed E-state index contributed by atoms with van der Waals surface area (Å²) in [6.07, 6.45) is -0.0394. The van der Waals surface area contributed by atoms with E-state index in [1.54, 1.807) is 24.3 Å². The third-order valence-electron chi connectivity index (χ3n) is 4.30. The highest BCUT2D eigenvalue weighted by molar-refractivity contribution is 7.93. The van der Waals surface area contributed by atoms with Crippen LogP contribution in [0.5, 0.6) is 5.75 Å². The molecule has 0 aromatic heterocycles. The fraction of sp³-hybridized carbons (Fsp3) is 0.333. The number of hydrogen-bond donors (Lipinski definition) is 4. The molecular weight excluding hydrogens is 366 g/mol. The van der Waals surface area contributed by atoms with E-state index in [9.17, 15) is 21.9 Å². The van der Waals surface area contributed by atoms with E-state index in [-0.39, 0.29) is 24.4 Å². The predicted molar refractivity (Wildman–Crippen MR) is 95.2 cm³/mol. The topological polar surface area (TPSA) is 125 Å². The molecule has 1 saturated heterocycles. The van der Waals surface area contributed by atoms with Gasteiger partial charge in [0.1, 0.15) is 21.7 Å². The van der Waals surface area contributed by atoms with Crippen LogP contribution < -0.4 is 14.8 Å². The van der Waals surface area contributed by atoms with E-state index in [2.05, 4.69) is 14.8 Å². The summed E-state index contributed by atoms with van der Waals surface area (Å²) in [4.78, 5) is -0.295. The molecule has 25 heavy (non-hydrogen) atoms. The van der Waals surface area contributed by atoms with E-state index >= 15 is 0 Å².